The summed E-state index contributed by atoms with van der Waals surface area (Å²) in [5.74, 6) is 1.15. The minimum absolute atomic E-state index is 0.221. The summed E-state index contributed by atoms with van der Waals surface area (Å²) in [6, 6.07) is 20.9. The topological polar surface area (TPSA) is 78.3 Å². The Hall–Kier alpha value is -4.13. The number of fused-ring (bicyclic) bond motifs is 1. The van der Waals surface area contributed by atoms with Gasteiger partial charge in [-0.05, 0) is 48.0 Å². The summed E-state index contributed by atoms with van der Waals surface area (Å²) < 4.78 is 12.5. The van der Waals surface area contributed by atoms with Gasteiger partial charge in [0.1, 0.15) is 0 Å². The van der Waals surface area contributed by atoms with Gasteiger partial charge in [0.25, 0.3) is 5.91 Å². The SMILES string of the molecule is O=C(NCc1ccc2c(c1)OCO2)c1cc(-c2cccnc2)n(-c2ccccc2)n1. The van der Waals surface area contributed by atoms with Crippen molar-refractivity contribution in [2.24, 2.45) is 0 Å². The Bertz CT molecular complexity index is 1130. The van der Waals surface area contributed by atoms with Crippen molar-refractivity contribution < 1.29 is 14.3 Å². The largest absolute Gasteiger partial charge is 0.454 e. The number of aromatic nitrogens is 3. The average molecular weight is 398 g/mol. The number of carbonyl (C=O) groups excluding carboxylic acids is 1. The molecule has 0 bridgehead atoms. The lowest BCUT2D eigenvalue weighted by atomic mass is 10.2. The van der Waals surface area contributed by atoms with Gasteiger partial charge in [0.15, 0.2) is 17.2 Å². The molecule has 0 spiro atoms. The van der Waals surface area contributed by atoms with E-state index in [1.165, 1.54) is 0 Å². The summed E-state index contributed by atoms with van der Waals surface area (Å²) in [7, 11) is 0. The van der Waals surface area contributed by atoms with Crippen molar-refractivity contribution in [2.75, 3.05) is 6.79 Å². The van der Waals surface area contributed by atoms with Crippen LogP contribution in [0.3, 0.4) is 0 Å². The number of nitrogens with zero attached hydrogens (tertiary/aromatic N) is 3. The molecule has 148 valence electrons. The van der Waals surface area contributed by atoms with Crippen LogP contribution in [0.5, 0.6) is 11.5 Å². The molecule has 0 aliphatic carbocycles. The number of hydrogen-bond acceptors (Lipinski definition) is 5. The Labute approximate surface area is 172 Å². The number of ether oxygens (including phenoxy) is 2. The smallest absolute Gasteiger partial charge is 0.272 e. The van der Waals surface area contributed by atoms with Crippen LogP contribution >= 0.6 is 0 Å². The van der Waals surface area contributed by atoms with Crippen LogP contribution in [0.4, 0.5) is 0 Å². The highest BCUT2D eigenvalue weighted by molar-refractivity contribution is 5.93. The standard InChI is InChI=1S/C23H18N4O3/c28-23(25-13-16-8-9-21-22(11-16)30-15-29-21)19-12-20(17-5-4-10-24-14-17)27(26-19)18-6-2-1-3-7-18/h1-12,14H,13,15H2,(H,25,28). The predicted molar refractivity (Wildman–Crippen MR) is 111 cm³/mol. The third kappa shape index (κ3) is 3.48. The molecule has 0 unspecified atom stereocenters. The summed E-state index contributed by atoms with van der Waals surface area (Å²) in [4.78, 5) is 17.0. The quantitative estimate of drug-likeness (QED) is 0.556. The van der Waals surface area contributed by atoms with Gasteiger partial charge in [0, 0.05) is 24.5 Å². The molecule has 0 saturated carbocycles. The van der Waals surface area contributed by atoms with E-state index in [1.54, 1.807) is 23.1 Å². The van der Waals surface area contributed by atoms with E-state index in [9.17, 15) is 4.79 Å². The van der Waals surface area contributed by atoms with Gasteiger partial charge in [-0.25, -0.2) is 4.68 Å². The maximum atomic E-state index is 12.8. The molecule has 3 heterocycles. The van der Waals surface area contributed by atoms with Crippen molar-refractivity contribution in [3.63, 3.8) is 0 Å². The van der Waals surface area contributed by atoms with Crippen LogP contribution < -0.4 is 14.8 Å². The maximum Gasteiger partial charge on any atom is 0.272 e. The first-order valence-electron chi connectivity index (χ1n) is 9.50. The number of carbonyl (C=O) groups is 1. The molecule has 0 atom stereocenters. The predicted octanol–water partition coefficient (Wildman–Crippen LogP) is 3.59. The molecule has 5 rings (SSSR count). The highest BCUT2D eigenvalue weighted by Gasteiger charge is 2.18. The first-order chi connectivity index (χ1) is 14.8. The number of hydrogen-bond donors (Lipinski definition) is 1. The number of para-hydroxylation sites is 1. The van der Waals surface area contributed by atoms with E-state index in [2.05, 4.69) is 15.4 Å². The lowest BCUT2D eigenvalue weighted by Gasteiger charge is -2.07. The fraction of sp³-hybridized carbons (Fsp3) is 0.0870. The van der Waals surface area contributed by atoms with Gasteiger partial charge in [0.2, 0.25) is 6.79 Å². The Kier molecular flexibility index (Phi) is 4.61. The van der Waals surface area contributed by atoms with Gasteiger partial charge in [-0.15, -0.1) is 0 Å². The van der Waals surface area contributed by atoms with Crippen molar-refractivity contribution >= 4 is 5.91 Å². The summed E-state index contributed by atoms with van der Waals surface area (Å²) >= 11 is 0. The fourth-order valence-corrected chi connectivity index (χ4v) is 3.30. The van der Waals surface area contributed by atoms with Gasteiger partial charge < -0.3 is 14.8 Å². The van der Waals surface area contributed by atoms with Gasteiger partial charge in [-0.1, -0.05) is 24.3 Å². The first-order valence-corrected chi connectivity index (χ1v) is 9.50. The Morgan fingerprint density at radius 3 is 2.70 bits per heavy atom. The van der Waals surface area contributed by atoms with Crippen LogP contribution in [0.1, 0.15) is 16.1 Å². The lowest BCUT2D eigenvalue weighted by Crippen LogP contribution is -2.23. The van der Waals surface area contributed by atoms with Crippen LogP contribution in [-0.2, 0) is 6.54 Å². The van der Waals surface area contributed by atoms with E-state index in [-0.39, 0.29) is 12.7 Å². The molecule has 1 N–H and O–H groups in total. The van der Waals surface area contributed by atoms with E-state index < -0.39 is 0 Å². The highest BCUT2D eigenvalue weighted by Crippen LogP contribution is 2.32. The van der Waals surface area contributed by atoms with Crippen LogP contribution in [-0.4, -0.2) is 27.5 Å². The molecule has 0 fully saturated rings. The molecule has 4 aromatic rings. The second kappa shape index (κ2) is 7.71. The molecule has 0 radical (unpaired) electrons. The molecule has 7 nitrogen and oxygen atoms in total. The zero-order chi connectivity index (χ0) is 20.3. The van der Waals surface area contributed by atoms with Gasteiger partial charge in [-0.2, -0.15) is 5.10 Å². The minimum atomic E-state index is -0.257. The van der Waals surface area contributed by atoms with Crippen LogP contribution in [0.25, 0.3) is 16.9 Å². The molecule has 7 heteroatoms. The summed E-state index contributed by atoms with van der Waals surface area (Å²) in [6.45, 7) is 0.578. The van der Waals surface area contributed by atoms with Crippen LogP contribution in [0.2, 0.25) is 0 Å². The minimum Gasteiger partial charge on any atom is -0.454 e. The maximum absolute atomic E-state index is 12.8. The van der Waals surface area contributed by atoms with Crippen LogP contribution in [0, 0.1) is 0 Å². The molecule has 2 aromatic heterocycles. The second-order valence-corrected chi connectivity index (χ2v) is 6.77. The molecule has 2 aromatic carbocycles. The van der Waals surface area contributed by atoms with Crippen molar-refractivity contribution in [1.29, 1.82) is 0 Å². The molecule has 0 saturated heterocycles. The van der Waals surface area contributed by atoms with E-state index in [0.717, 1.165) is 22.5 Å². The highest BCUT2D eigenvalue weighted by atomic mass is 16.7. The second-order valence-electron chi connectivity index (χ2n) is 6.77. The van der Waals surface area contributed by atoms with E-state index in [1.807, 2.05) is 60.7 Å². The normalized spacial score (nSPS) is 12.0. The summed E-state index contributed by atoms with van der Waals surface area (Å²) in [5, 5.41) is 7.48. The Balaban J connectivity index is 1.41. The van der Waals surface area contributed by atoms with E-state index >= 15 is 0 Å². The van der Waals surface area contributed by atoms with E-state index in [0.29, 0.717) is 23.7 Å². The van der Waals surface area contributed by atoms with Gasteiger partial charge in [-0.3, -0.25) is 9.78 Å². The summed E-state index contributed by atoms with van der Waals surface area (Å²) in [6.07, 6.45) is 3.47. The van der Waals surface area contributed by atoms with E-state index in [4.69, 9.17) is 9.47 Å². The fourth-order valence-electron chi connectivity index (χ4n) is 3.30. The lowest BCUT2D eigenvalue weighted by molar-refractivity contribution is 0.0945. The first kappa shape index (κ1) is 17.9. The molecule has 1 amide bonds. The van der Waals surface area contributed by atoms with Crippen molar-refractivity contribution in [3.05, 3.63) is 90.4 Å². The molecule has 30 heavy (non-hydrogen) atoms. The van der Waals surface area contributed by atoms with Crippen LogP contribution in [0.15, 0.2) is 79.1 Å². The third-order valence-electron chi connectivity index (χ3n) is 4.79. The third-order valence-corrected chi connectivity index (χ3v) is 4.79. The van der Waals surface area contributed by atoms with Crippen molar-refractivity contribution in [3.8, 4) is 28.4 Å². The number of rotatable bonds is 5. The molecule has 1 aliphatic heterocycles. The number of benzene rings is 2. The molecule has 1 aliphatic rings. The molecular formula is C23H18N4O3. The number of pyridine rings is 1. The Morgan fingerprint density at radius 2 is 1.87 bits per heavy atom. The monoisotopic (exact) mass is 398 g/mol. The van der Waals surface area contributed by atoms with Crippen molar-refractivity contribution in [1.82, 2.24) is 20.1 Å². The average Bonchev–Trinajstić information content (AvgIpc) is 3.46. The summed E-state index contributed by atoms with van der Waals surface area (Å²) in [5.41, 5.74) is 3.79. The Morgan fingerprint density at radius 1 is 1.00 bits per heavy atom. The molecular weight excluding hydrogens is 380 g/mol. The zero-order valence-electron chi connectivity index (χ0n) is 16.0. The van der Waals surface area contributed by atoms with Gasteiger partial charge in [0.05, 0.1) is 11.4 Å². The number of amides is 1. The zero-order valence-corrected chi connectivity index (χ0v) is 16.0. The van der Waals surface area contributed by atoms with Gasteiger partial charge >= 0.3 is 0 Å². The number of nitrogens with one attached hydrogen (secondary N) is 1. The van der Waals surface area contributed by atoms with Crippen molar-refractivity contribution in [2.45, 2.75) is 6.54 Å².